The Morgan fingerprint density at radius 1 is 1.29 bits per heavy atom. The zero-order chi connectivity index (χ0) is 25.0. The number of amidine groups is 1. The summed E-state index contributed by atoms with van der Waals surface area (Å²) in [6.07, 6.45) is 2.16. The van der Waals surface area contributed by atoms with E-state index in [2.05, 4.69) is 19.9 Å². The second-order valence-corrected chi connectivity index (χ2v) is 13.0. The maximum absolute atomic E-state index is 13.5. The van der Waals surface area contributed by atoms with Crippen molar-refractivity contribution in [2.75, 3.05) is 23.0 Å². The second-order valence-electron chi connectivity index (χ2n) is 8.41. The maximum Gasteiger partial charge on any atom is 0.284 e. The molecule has 5 rings (SSSR count). The van der Waals surface area contributed by atoms with Crippen LogP contribution in [0.3, 0.4) is 0 Å². The van der Waals surface area contributed by atoms with E-state index in [1.165, 1.54) is 11.6 Å². The molecule has 3 aromatic rings. The van der Waals surface area contributed by atoms with Crippen molar-refractivity contribution in [2.24, 2.45) is 10.3 Å². The van der Waals surface area contributed by atoms with Gasteiger partial charge in [-0.05, 0) is 43.2 Å². The molecular formula is C21H25N5O6S3. The van der Waals surface area contributed by atoms with Crippen molar-refractivity contribution in [1.29, 1.82) is 0 Å². The molecule has 0 spiro atoms. The molecule has 14 heteroatoms. The molecule has 1 aliphatic heterocycles. The van der Waals surface area contributed by atoms with Gasteiger partial charge in [0.1, 0.15) is 21.2 Å². The molecule has 1 fully saturated rings. The molecule has 0 atom stereocenters. The molecule has 2 aromatic heterocycles. The lowest BCUT2D eigenvalue weighted by Gasteiger charge is -2.33. The molecule has 0 bridgehead atoms. The molecule has 11 nitrogen and oxygen atoms in total. The number of para-hydroxylation sites is 1. The van der Waals surface area contributed by atoms with E-state index in [-0.39, 0.29) is 34.3 Å². The van der Waals surface area contributed by atoms with Crippen LogP contribution in [0.5, 0.6) is 5.75 Å². The fourth-order valence-corrected chi connectivity index (χ4v) is 7.09. The molecule has 188 valence electrons. The van der Waals surface area contributed by atoms with Crippen molar-refractivity contribution < 1.29 is 22.6 Å². The highest BCUT2D eigenvalue weighted by atomic mass is 32.3. The average Bonchev–Trinajstić information content (AvgIpc) is 3.54. The number of nitrogens with zero attached hydrogens (tertiary/aromatic N) is 2. The predicted octanol–water partition coefficient (Wildman–Crippen LogP) is 3.06. The minimum Gasteiger partial charge on any atom is -0.506 e. The fourth-order valence-electron chi connectivity index (χ4n) is 3.83. The number of nitrogens with one attached hydrogen (secondary N) is 3. The molecule has 1 aromatic carbocycles. The topological polar surface area (TPSA) is 165 Å². The highest BCUT2D eigenvalue weighted by molar-refractivity contribution is 8.23. The van der Waals surface area contributed by atoms with Gasteiger partial charge in [-0.25, -0.2) is 17.8 Å². The third kappa shape index (κ3) is 4.52. The summed E-state index contributed by atoms with van der Waals surface area (Å²) in [6.45, 7) is 1.96. The summed E-state index contributed by atoms with van der Waals surface area (Å²) in [4.78, 5) is 13.6. The van der Waals surface area contributed by atoms with Crippen molar-refractivity contribution in [1.82, 2.24) is 9.40 Å². The first-order valence-electron chi connectivity index (χ1n) is 10.9. The summed E-state index contributed by atoms with van der Waals surface area (Å²) in [5.74, 6) is -0.131. The summed E-state index contributed by atoms with van der Waals surface area (Å²) in [5.41, 5.74) is 3.21. The van der Waals surface area contributed by atoms with Gasteiger partial charge in [0, 0.05) is 24.0 Å². The van der Waals surface area contributed by atoms with E-state index in [0.29, 0.717) is 33.9 Å². The van der Waals surface area contributed by atoms with Crippen LogP contribution in [0.25, 0.3) is 10.9 Å². The number of sulfonamides is 1. The van der Waals surface area contributed by atoms with Crippen LogP contribution in [0.15, 0.2) is 43.7 Å². The van der Waals surface area contributed by atoms with Crippen LogP contribution < -0.4 is 21.0 Å². The van der Waals surface area contributed by atoms with Gasteiger partial charge in [-0.1, -0.05) is 22.9 Å². The van der Waals surface area contributed by atoms with E-state index in [1.54, 1.807) is 29.6 Å². The Labute approximate surface area is 207 Å². The minimum absolute atomic E-state index is 0.0671. The SMILES string of the molecule is CCS(=O)(=O)NCc1csc2c1S(O)(O)N=C(c1c(O)c3ccccc3n(NCC3CC3)c1=O)N2. The third-order valence-electron chi connectivity index (χ3n) is 5.93. The summed E-state index contributed by atoms with van der Waals surface area (Å²) < 4.78 is 53.3. The van der Waals surface area contributed by atoms with Gasteiger partial charge < -0.3 is 15.8 Å². The maximum atomic E-state index is 13.5. The number of benzene rings is 1. The molecular weight excluding hydrogens is 514 g/mol. The van der Waals surface area contributed by atoms with Gasteiger partial charge in [0.2, 0.25) is 10.0 Å². The second kappa shape index (κ2) is 8.80. The zero-order valence-corrected chi connectivity index (χ0v) is 21.1. The Bertz CT molecular complexity index is 1510. The largest absolute Gasteiger partial charge is 0.506 e. The van der Waals surface area contributed by atoms with Crippen LogP contribution >= 0.6 is 22.1 Å². The van der Waals surface area contributed by atoms with Gasteiger partial charge in [-0.15, -0.1) is 15.7 Å². The van der Waals surface area contributed by atoms with Crippen LogP contribution in [-0.2, 0) is 16.6 Å². The molecule has 1 saturated carbocycles. The highest BCUT2D eigenvalue weighted by Crippen LogP contribution is 2.59. The molecule has 3 heterocycles. The number of fused-ring (bicyclic) bond motifs is 2. The minimum atomic E-state index is -3.80. The first-order chi connectivity index (χ1) is 16.6. The van der Waals surface area contributed by atoms with Crippen LogP contribution in [0.1, 0.15) is 30.9 Å². The van der Waals surface area contributed by atoms with Crippen molar-refractivity contribution in [2.45, 2.75) is 31.2 Å². The number of rotatable bonds is 8. The lowest BCUT2D eigenvalue weighted by atomic mass is 10.1. The van der Waals surface area contributed by atoms with Gasteiger partial charge in [-0.3, -0.25) is 13.9 Å². The van der Waals surface area contributed by atoms with Gasteiger partial charge in [0.25, 0.3) is 5.56 Å². The first-order valence-corrected chi connectivity index (χ1v) is 15.0. The van der Waals surface area contributed by atoms with E-state index in [0.717, 1.165) is 24.2 Å². The standard InChI is InChI=1S/C21H25N5O6S3/c1-2-34(29,30)23-10-13-11-33-20-18(13)35(31,32)25-19(24-20)16-17(27)14-5-3-4-6-15(14)26(21(16)28)22-9-12-7-8-12/h3-6,11-12,22-23,27,31-32H,2,7-10H2,1H3,(H,24,25). The Hall–Kier alpha value is -2.62. The third-order valence-corrected chi connectivity index (χ3v) is 9.80. The van der Waals surface area contributed by atoms with Crippen molar-refractivity contribution in [3.63, 3.8) is 0 Å². The van der Waals surface area contributed by atoms with E-state index in [4.69, 9.17) is 0 Å². The molecule has 1 aliphatic carbocycles. The van der Waals surface area contributed by atoms with Crippen molar-refractivity contribution in [3.8, 4) is 5.75 Å². The highest BCUT2D eigenvalue weighted by Gasteiger charge is 2.34. The molecule has 6 N–H and O–H groups in total. The molecule has 35 heavy (non-hydrogen) atoms. The van der Waals surface area contributed by atoms with E-state index >= 15 is 0 Å². The lowest BCUT2D eigenvalue weighted by Crippen LogP contribution is -2.36. The molecule has 0 radical (unpaired) electrons. The van der Waals surface area contributed by atoms with Crippen LogP contribution in [0.2, 0.25) is 0 Å². The number of aromatic hydroxyl groups is 1. The zero-order valence-electron chi connectivity index (χ0n) is 18.7. The summed E-state index contributed by atoms with van der Waals surface area (Å²) >= 11 is 1.12. The van der Waals surface area contributed by atoms with Gasteiger partial charge >= 0.3 is 0 Å². The number of hydrogen-bond donors (Lipinski definition) is 6. The summed E-state index contributed by atoms with van der Waals surface area (Å²) in [5, 5.41) is 16.3. The average molecular weight is 540 g/mol. The summed E-state index contributed by atoms with van der Waals surface area (Å²) in [6, 6.07) is 6.87. The number of pyridine rings is 1. The fraction of sp³-hybridized carbons (Fsp3) is 0.333. The number of aromatic nitrogens is 1. The van der Waals surface area contributed by atoms with Crippen LogP contribution in [0, 0.1) is 5.92 Å². The molecule has 0 unspecified atom stereocenters. The Morgan fingerprint density at radius 2 is 2.03 bits per heavy atom. The van der Waals surface area contributed by atoms with Gasteiger partial charge in [-0.2, -0.15) is 0 Å². The molecule has 0 amide bonds. The lowest BCUT2D eigenvalue weighted by molar-refractivity contribution is 0.478. The van der Waals surface area contributed by atoms with E-state index in [1.807, 2.05) is 0 Å². The van der Waals surface area contributed by atoms with Gasteiger partial charge in [0.15, 0.2) is 5.84 Å². The molecule has 2 aliphatic rings. The molecule has 0 saturated heterocycles. The number of thiophene rings is 1. The Balaban J connectivity index is 1.58. The van der Waals surface area contributed by atoms with E-state index < -0.39 is 26.4 Å². The number of hydrogen-bond acceptors (Lipinski definition) is 10. The van der Waals surface area contributed by atoms with Crippen molar-refractivity contribution >= 4 is 53.9 Å². The van der Waals surface area contributed by atoms with Crippen LogP contribution in [-0.4, -0.2) is 45.4 Å². The van der Waals surface area contributed by atoms with E-state index in [9.17, 15) is 27.4 Å². The normalized spacial score (nSPS) is 18.0. The summed E-state index contributed by atoms with van der Waals surface area (Å²) in [7, 11) is -7.29. The Kier molecular flexibility index (Phi) is 6.05. The number of anilines is 1. The first kappa shape index (κ1) is 24.1. The quantitative estimate of drug-likeness (QED) is 0.254. The van der Waals surface area contributed by atoms with Crippen molar-refractivity contribution in [3.05, 3.63) is 51.1 Å². The van der Waals surface area contributed by atoms with Gasteiger partial charge in [0.05, 0.1) is 11.3 Å². The monoisotopic (exact) mass is 539 g/mol. The van der Waals surface area contributed by atoms with Crippen LogP contribution in [0.4, 0.5) is 5.00 Å². The Morgan fingerprint density at radius 3 is 2.74 bits per heavy atom. The predicted molar refractivity (Wildman–Crippen MR) is 139 cm³/mol. The smallest absolute Gasteiger partial charge is 0.284 e.